The van der Waals surface area contributed by atoms with Crippen LogP contribution in [0.4, 0.5) is 13.2 Å². The fourth-order valence-corrected chi connectivity index (χ4v) is 1.84. The number of rotatable bonds is 7. The Hall–Kier alpha value is -2.84. The van der Waals surface area contributed by atoms with E-state index < -0.39 is 24.2 Å². The van der Waals surface area contributed by atoms with Gasteiger partial charge in [-0.25, -0.2) is 9.37 Å². The molecule has 2 heterocycles. The molecule has 0 atom stereocenters. The normalized spacial score (nSPS) is 10.5. The summed E-state index contributed by atoms with van der Waals surface area (Å²) in [5.41, 5.74) is 0.509. The van der Waals surface area contributed by atoms with Crippen molar-refractivity contribution in [3.8, 4) is 11.6 Å². The third-order valence-electron chi connectivity index (χ3n) is 2.87. The van der Waals surface area contributed by atoms with Gasteiger partial charge in [-0.05, 0) is 19.1 Å². The molecule has 2 rings (SSSR count). The van der Waals surface area contributed by atoms with Crippen molar-refractivity contribution in [1.29, 1.82) is 0 Å². The van der Waals surface area contributed by atoms with Crippen molar-refractivity contribution in [3.05, 3.63) is 47.7 Å². The van der Waals surface area contributed by atoms with Gasteiger partial charge in [0, 0.05) is 30.7 Å². The first-order chi connectivity index (χ1) is 11.5. The molecule has 0 aromatic carbocycles. The number of ether oxygens (including phenoxy) is 2. The van der Waals surface area contributed by atoms with Crippen molar-refractivity contribution >= 4 is 5.91 Å². The molecule has 1 N–H and O–H groups in total. The van der Waals surface area contributed by atoms with Crippen molar-refractivity contribution in [1.82, 2.24) is 15.3 Å². The maximum Gasteiger partial charge on any atom is 0.388 e. The lowest BCUT2D eigenvalue weighted by molar-refractivity contribution is -0.0553. The van der Waals surface area contributed by atoms with Crippen LogP contribution in [0.25, 0.3) is 0 Å². The van der Waals surface area contributed by atoms with Gasteiger partial charge in [-0.15, -0.1) is 0 Å². The zero-order valence-electron chi connectivity index (χ0n) is 12.6. The van der Waals surface area contributed by atoms with Crippen molar-refractivity contribution in [3.63, 3.8) is 0 Å². The Labute approximate surface area is 135 Å². The van der Waals surface area contributed by atoms with Gasteiger partial charge in [0.1, 0.15) is 5.75 Å². The molecule has 0 unspecified atom stereocenters. The number of nitrogens with one attached hydrogen (secondary N) is 1. The highest BCUT2D eigenvalue weighted by molar-refractivity contribution is 5.93. The van der Waals surface area contributed by atoms with E-state index in [0.29, 0.717) is 17.9 Å². The second-order valence-corrected chi connectivity index (χ2v) is 4.49. The number of amides is 1. The standard InChI is InChI=1S/C15H14F3N3O3/c1-2-23-12-3-4-19-6-10(12)8-20-13(22)9-5-11(16)14(21-7-9)24-15(17)18/h3-7,15H,2,8H2,1H3,(H,20,22). The SMILES string of the molecule is CCOc1ccncc1CNC(=O)c1cnc(OC(F)F)c(F)c1. The average molecular weight is 341 g/mol. The van der Waals surface area contributed by atoms with Gasteiger partial charge in [0.25, 0.3) is 11.8 Å². The quantitative estimate of drug-likeness (QED) is 0.838. The van der Waals surface area contributed by atoms with Gasteiger partial charge in [0.05, 0.1) is 12.2 Å². The van der Waals surface area contributed by atoms with E-state index in [4.69, 9.17) is 4.74 Å². The minimum Gasteiger partial charge on any atom is -0.493 e. The monoisotopic (exact) mass is 341 g/mol. The first-order valence-electron chi connectivity index (χ1n) is 6.95. The van der Waals surface area contributed by atoms with Gasteiger partial charge in [0.2, 0.25) is 0 Å². The summed E-state index contributed by atoms with van der Waals surface area (Å²) in [5.74, 6) is -2.08. The lowest BCUT2D eigenvalue weighted by atomic mass is 10.2. The van der Waals surface area contributed by atoms with Crippen LogP contribution in [0.3, 0.4) is 0 Å². The highest BCUT2D eigenvalue weighted by Gasteiger charge is 2.15. The number of alkyl halides is 2. The number of carbonyl (C=O) groups is 1. The highest BCUT2D eigenvalue weighted by atomic mass is 19.3. The molecular weight excluding hydrogens is 327 g/mol. The number of aromatic nitrogens is 2. The van der Waals surface area contributed by atoms with E-state index in [2.05, 4.69) is 20.0 Å². The molecule has 0 aliphatic carbocycles. The van der Waals surface area contributed by atoms with E-state index in [9.17, 15) is 18.0 Å². The summed E-state index contributed by atoms with van der Waals surface area (Å²) >= 11 is 0. The third kappa shape index (κ3) is 4.58. The molecule has 2 aromatic heterocycles. The van der Waals surface area contributed by atoms with Crippen LogP contribution in [-0.2, 0) is 6.54 Å². The summed E-state index contributed by atoms with van der Waals surface area (Å²) in [4.78, 5) is 19.3. The Bertz CT molecular complexity index is 713. The summed E-state index contributed by atoms with van der Waals surface area (Å²) in [6.45, 7) is -0.834. The smallest absolute Gasteiger partial charge is 0.388 e. The molecule has 0 saturated carbocycles. The number of hydrogen-bond donors (Lipinski definition) is 1. The van der Waals surface area contributed by atoms with Crippen LogP contribution in [0.1, 0.15) is 22.8 Å². The summed E-state index contributed by atoms with van der Waals surface area (Å²) in [5, 5.41) is 2.55. The van der Waals surface area contributed by atoms with Crippen molar-refractivity contribution < 1.29 is 27.4 Å². The van der Waals surface area contributed by atoms with Crippen LogP contribution in [-0.4, -0.2) is 29.1 Å². The summed E-state index contributed by atoms with van der Waals surface area (Å²) in [7, 11) is 0. The van der Waals surface area contributed by atoms with Crippen LogP contribution >= 0.6 is 0 Å². The van der Waals surface area contributed by atoms with Crippen LogP contribution in [0.5, 0.6) is 11.6 Å². The van der Waals surface area contributed by atoms with Gasteiger partial charge in [0.15, 0.2) is 5.82 Å². The molecule has 0 radical (unpaired) electrons. The molecule has 1 amide bonds. The molecule has 0 saturated heterocycles. The van der Waals surface area contributed by atoms with E-state index in [1.54, 1.807) is 12.3 Å². The lowest BCUT2D eigenvalue weighted by Crippen LogP contribution is -2.23. The van der Waals surface area contributed by atoms with Crippen molar-refractivity contribution in [2.75, 3.05) is 6.61 Å². The van der Waals surface area contributed by atoms with Crippen LogP contribution in [0.2, 0.25) is 0 Å². The van der Waals surface area contributed by atoms with Gasteiger partial charge >= 0.3 is 6.61 Å². The zero-order chi connectivity index (χ0) is 17.5. The number of halogens is 3. The molecule has 9 heteroatoms. The predicted octanol–water partition coefficient (Wildman–Crippen LogP) is 2.55. The summed E-state index contributed by atoms with van der Waals surface area (Å²) < 4.78 is 46.9. The molecule has 0 spiro atoms. The maximum atomic E-state index is 13.6. The first-order valence-corrected chi connectivity index (χ1v) is 6.95. The van der Waals surface area contributed by atoms with E-state index in [1.807, 2.05) is 6.92 Å². The Morgan fingerprint density at radius 2 is 2.17 bits per heavy atom. The topological polar surface area (TPSA) is 73.3 Å². The molecule has 0 bridgehead atoms. The van der Waals surface area contributed by atoms with E-state index in [1.165, 1.54) is 6.20 Å². The van der Waals surface area contributed by atoms with Gasteiger partial charge in [-0.3, -0.25) is 9.78 Å². The maximum absolute atomic E-state index is 13.6. The molecule has 128 valence electrons. The van der Waals surface area contributed by atoms with E-state index in [0.717, 1.165) is 12.3 Å². The third-order valence-corrected chi connectivity index (χ3v) is 2.87. The van der Waals surface area contributed by atoms with Gasteiger partial charge < -0.3 is 14.8 Å². The largest absolute Gasteiger partial charge is 0.493 e. The zero-order valence-corrected chi connectivity index (χ0v) is 12.6. The van der Waals surface area contributed by atoms with Crippen LogP contribution < -0.4 is 14.8 Å². The second-order valence-electron chi connectivity index (χ2n) is 4.49. The van der Waals surface area contributed by atoms with Gasteiger partial charge in [-0.2, -0.15) is 8.78 Å². The number of nitrogens with zero attached hydrogens (tertiary/aromatic N) is 2. The molecule has 24 heavy (non-hydrogen) atoms. The van der Waals surface area contributed by atoms with Gasteiger partial charge in [-0.1, -0.05) is 0 Å². The van der Waals surface area contributed by atoms with E-state index in [-0.39, 0.29) is 12.1 Å². The fourth-order valence-electron chi connectivity index (χ4n) is 1.84. The average Bonchev–Trinajstić information content (AvgIpc) is 2.55. The molecule has 0 aliphatic rings. The van der Waals surface area contributed by atoms with Crippen LogP contribution in [0, 0.1) is 5.82 Å². The molecule has 0 fully saturated rings. The number of hydrogen-bond acceptors (Lipinski definition) is 5. The van der Waals surface area contributed by atoms with Crippen molar-refractivity contribution in [2.24, 2.45) is 0 Å². The Morgan fingerprint density at radius 1 is 1.38 bits per heavy atom. The minimum atomic E-state index is -3.20. The molecule has 0 aliphatic heterocycles. The van der Waals surface area contributed by atoms with Crippen molar-refractivity contribution in [2.45, 2.75) is 20.1 Å². The predicted molar refractivity (Wildman–Crippen MR) is 77.4 cm³/mol. The minimum absolute atomic E-state index is 0.0961. The van der Waals surface area contributed by atoms with E-state index >= 15 is 0 Å². The first kappa shape index (κ1) is 17.5. The second kappa shape index (κ2) is 8.14. The molecular formula is C15H14F3N3O3. The number of pyridine rings is 2. The Balaban J connectivity index is 2.04. The lowest BCUT2D eigenvalue weighted by Gasteiger charge is -2.11. The summed E-state index contributed by atoms with van der Waals surface area (Å²) in [6, 6.07) is 2.43. The fraction of sp³-hybridized carbons (Fsp3) is 0.267. The highest BCUT2D eigenvalue weighted by Crippen LogP contribution is 2.18. The van der Waals surface area contributed by atoms with Crippen LogP contribution in [0.15, 0.2) is 30.7 Å². The summed E-state index contributed by atoms with van der Waals surface area (Å²) in [6.07, 6.45) is 4.03. The molecule has 2 aromatic rings. The number of carbonyl (C=O) groups excluding carboxylic acids is 1. The Morgan fingerprint density at radius 3 is 2.83 bits per heavy atom. The molecule has 6 nitrogen and oxygen atoms in total. The Kier molecular flexibility index (Phi) is 5.94.